The Morgan fingerprint density at radius 2 is 2.00 bits per heavy atom. The SMILES string of the molecule is COc1ccc(CN2CCC(N3CC(C(=O)O)CC3=O)CC2)cc1OC(F)F. The number of carboxylic acids is 1. The Morgan fingerprint density at radius 1 is 1.29 bits per heavy atom. The second kappa shape index (κ2) is 8.72. The smallest absolute Gasteiger partial charge is 0.387 e. The molecule has 2 heterocycles. The lowest BCUT2D eigenvalue weighted by Gasteiger charge is -2.36. The summed E-state index contributed by atoms with van der Waals surface area (Å²) in [5.41, 5.74) is 0.832. The average Bonchev–Trinajstić information content (AvgIpc) is 3.04. The van der Waals surface area contributed by atoms with Crippen LogP contribution in [-0.2, 0) is 16.1 Å². The second-order valence-electron chi connectivity index (χ2n) is 7.16. The normalized spacial score (nSPS) is 21.4. The van der Waals surface area contributed by atoms with Crippen molar-refractivity contribution in [2.75, 3.05) is 26.7 Å². The molecule has 1 amide bonds. The largest absolute Gasteiger partial charge is 0.493 e. The van der Waals surface area contributed by atoms with Crippen molar-refractivity contribution in [3.05, 3.63) is 23.8 Å². The van der Waals surface area contributed by atoms with Crippen LogP contribution in [0.4, 0.5) is 8.78 Å². The molecule has 0 aromatic heterocycles. The number of carbonyl (C=O) groups is 2. The van der Waals surface area contributed by atoms with E-state index in [1.807, 2.05) is 6.07 Å². The van der Waals surface area contributed by atoms with Gasteiger partial charge in [0.2, 0.25) is 5.91 Å². The van der Waals surface area contributed by atoms with E-state index in [9.17, 15) is 18.4 Å². The summed E-state index contributed by atoms with van der Waals surface area (Å²) in [6, 6.07) is 5.03. The monoisotopic (exact) mass is 398 g/mol. The van der Waals surface area contributed by atoms with Crippen molar-refractivity contribution in [2.24, 2.45) is 5.92 Å². The number of amides is 1. The highest BCUT2D eigenvalue weighted by molar-refractivity contribution is 5.86. The Morgan fingerprint density at radius 3 is 2.57 bits per heavy atom. The Balaban J connectivity index is 1.56. The molecule has 1 aromatic rings. The van der Waals surface area contributed by atoms with Gasteiger partial charge in [0.05, 0.1) is 13.0 Å². The van der Waals surface area contributed by atoms with Crippen molar-refractivity contribution in [2.45, 2.75) is 38.5 Å². The minimum atomic E-state index is -2.92. The van der Waals surface area contributed by atoms with Crippen molar-refractivity contribution in [1.29, 1.82) is 0 Å². The molecule has 2 aliphatic rings. The third kappa shape index (κ3) is 4.70. The van der Waals surface area contributed by atoms with Crippen molar-refractivity contribution in [3.63, 3.8) is 0 Å². The predicted octanol–water partition coefficient (Wildman–Crippen LogP) is 2.19. The average molecular weight is 398 g/mol. The van der Waals surface area contributed by atoms with E-state index in [4.69, 9.17) is 9.84 Å². The maximum absolute atomic E-state index is 12.6. The molecule has 154 valence electrons. The lowest BCUT2D eigenvalue weighted by atomic mass is 10.0. The van der Waals surface area contributed by atoms with Crippen molar-refractivity contribution < 1.29 is 33.0 Å². The first-order valence-corrected chi connectivity index (χ1v) is 9.23. The zero-order chi connectivity index (χ0) is 20.3. The number of carboxylic acid groups (broad SMARTS) is 1. The Bertz CT molecular complexity index is 722. The number of hydrogen-bond donors (Lipinski definition) is 1. The van der Waals surface area contributed by atoms with Crippen LogP contribution < -0.4 is 9.47 Å². The van der Waals surface area contributed by atoms with Gasteiger partial charge in [-0.3, -0.25) is 14.5 Å². The fraction of sp³-hybridized carbons (Fsp3) is 0.579. The number of hydrogen-bond acceptors (Lipinski definition) is 5. The molecule has 1 atom stereocenters. The third-order valence-corrected chi connectivity index (χ3v) is 5.36. The van der Waals surface area contributed by atoms with Gasteiger partial charge >= 0.3 is 12.6 Å². The van der Waals surface area contributed by atoms with Crippen LogP contribution in [0, 0.1) is 5.92 Å². The molecule has 0 saturated carbocycles. The minimum absolute atomic E-state index is 0.00672. The van der Waals surface area contributed by atoms with E-state index in [2.05, 4.69) is 9.64 Å². The first kappa shape index (κ1) is 20.3. The summed E-state index contributed by atoms with van der Waals surface area (Å²) in [6.45, 7) is -0.590. The van der Waals surface area contributed by atoms with E-state index >= 15 is 0 Å². The molecule has 0 radical (unpaired) electrons. The molecule has 7 nitrogen and oxygen atoms in total. The molecule has 28 heavy (non-hydrogen) atoms. The number of nitrogens with zero attached hydrogens (tertiary/aromatic N) is 2. The number of carbonyl (C=O) groups excluding carboxylic acids is 1. The molecule has 0 aliphatic carbocycles. The number of methoxy groups -OCH3 is 1. The quantitative estimate of drug-likeness (QED) is 0.759. The summed E-state index contributed by atoms with van der Waals surface area (Å²) in [5, 5.41) is 9.11. The van der Waals surface area contributed by atoms with Crippen LogP contribution >= 0.6 is 0 Å². The highest BCUT2D eigenvalue weighted by Crippen LogP contribution is 2.31. The molecule has 2 saturated heterocycles. The van der Waals surface area contributed by atoms with Gasteiger partial charge in [0.1, 0.15) is 0 Å². The van der Waals surface area contributed by atoms with Gasteiger partial charge in [0, 0.05) is 38.6 Å². The maximum atomic E-state index is 12.6. The van der Waals surface area contributed by atoms with Gasteiger partial charge in [-0.25, -0.2) is 0 Å². The predicted molar refractivity (Wildman–Crippen MR) is 95.4 cm³/mol. The van der Waals surface area contributed by atoms with Crippen LogP contribution in [0.2, 0.25) is 0 Å². The Labute approximate surface area is 161 Å². The first-order chi connectivity index (χ1) is 13.4. The van der Waals surface area contributed by atoms with Gasteiger partial charge in [0.15, 0.2) is 11.5 Å². The van der Waals surface area contributed by atoms with Crippen LogP contribution in [0.15, 0.2) is 18.2 Å². The molecule has 0 spiro atoms. The van der Waals surface area contributed by atoms with E-state index in [-0.39, 0.29) is 36.4 Å². The van der Waals surface area contributed by atoms with Gasteiger partial charge in [-0.05, 0) is 30.5 Å². The summed E-state index contributed by atoms with van der Waals surface area (Å²) >= 11 is 0. The molecule has 2 fully saturated rings. The van der Waals surface area contributed by atoms with E-state index in [1.54, 1.807) is 17.0 Å². The van der Waals surface area contributed by atoms with Gasteiger partial charge in [0.25, 0.3) is 0 Å². The highest BCUT2D eigenvalue weighted by Gasteiger charge is 2.38. The van der Waals surface area contributed by atoms with Crippen LogP contribution in [0.5, 0.6) is 11.5 Å². The fourth-order valence-electron chi connectivity index (χ4n) is 3.90. The van der Waals surface area contributed by atoms with Crippen molar-refractivity contribution in [1.82, 2.24) is 9.80 Å². The van der Waals surface area contributed by atoms with Crippen LogP contribution in [-0.4, -0.2) is 66.2 Å². The lowest BCUT2D eigenvalue weighted by Crippen LogP contribution is -2.45. The number of likely N-dealkylation sites (tertiary alicyclic amines) is 2. The number of benzene rings is 1. The number of aliphatic carboxylic acids is 1. The van der Waals surface area contributed by atoms with E-state index in [0.717, 1.165) is 31.5 Å². The summed E-state index contributed by atoms with van der Waals surface area (Å²) < 4.78 is 34.7. The van der Waals surface area contributed by atoms with E-state index in [0.29, 0.717) is 6.54 Å². The number of alkyl halides is 2. The van der Waals surface area contributed by atoms with E-state index in [1.165, 1.54) is 7.11 Å². The summed E-state index contributed by atoms with van der Waals surface area (Å²) in [6.07, 6.45) is 1.59. The number of piperidine rings is 1. The van der Waals surface area contributed by atoms with Crippen LogP contribution in [0.3, 0.4) is 0 Å². The standard InChI is InChI=1S/C19H24F2N2O5/c1-27-15-3-2-12(8-16(15)28-19(20)21)10-22-6-4-14(5-7-22)23-11-13(18(25)26)9-17(23)24/h2-3,8,13-14,19H,4-7,9-11H2,1H3,(H,25,26). The Kier molecular flexibility index (Phi) is 6.33. The Hall–Kier alpha value is -2.42. The van der Waals surface area contributed by atoms with Gasteiger partial charge in [-0.2, -0.15) is 8.78 Å². The number of halogens is 2. The molecule has 1 N–H and O–H groups in total. The topological polar surface area (TPSA) is 79.3 Å². The van der Waals surface area contributed by atoms with Crippen LogP contribution in [0.1, 0.15) is 24.8 Å². The first-order valence-electron chi connectivity index (χ1n) is 9.23. The molecule has 3 rings (SSSR count). The van der Waals surface area contributed by atoms with Gasteiger partial charge in [-0.15, -0.1) is 0 Å². The van der Waals surface area contributed by atoms with Crippen LogP contribution in [0.25, 0.3) is 0 Å². The molecule has 1 unspecified atom stereocenters. The van der Waals surface area contributed by atoms with Crippen molar-refractivity contribution >= 4 is 11.9 Å². The second-order valence-corrected chi connectivity index (χ2v) is 7.16. The van der Waals surface area contributed by atoms with Gasteiger partial charge < -0.3 is 19.5 Å². The molecular formula is C19H24F2N2O5. The zero-order valence-corrected chi connectivity index (χ0v) is 15.6. The minimum Gasteiger partial charge on any atom is -0.493 e. The number of rotatable bonds is 7. The summed E-state index contributed by atoms with van der Waals surface area (Å²) in [4.78, 5) is 27.1. The molecule has 0 bridgehead atoms. The fourth-order valence-corrected chi connectivity index (χ4v) is 3.90. The zero-order valence-electron chi connectivity index (χ0n) is 15.6. The van der Waals surface area contributed by atoms with Crippen molar-refractivity contribution in [3.8, 4) is 11.5 Å². The molecule has 1 aromatic carbocycles. The summed E-state index contributed by atoms with van der Waals surface area (Å²) in [5.74, 6) is -1.36. The maximum Gasteiger partial charge on any atom is 0.387 e. The number of ether oxygens (including phenoxy) is 2. The van der Waals surface area contributed by atoms with Gasteiger partial charge in [-0.1, -0.05) is 6.07 Å². The third-order valence-electron chi connectivity index (χ3n) is 5.36. The van der Waals surface area contributed by atoms with E-state index < -0.39 is 18.5 Å². The summed E-state index contributed by atoms with van der Waals surface area (Å²) in [7, 11) is 1.40. The molecule has 9 heteroatoms. The molecular weight excluding hydrogens is 374 g/mol. The lowest BCUT2D eigenvalue weighted by molar-refractivity contribution is -0.141. The molecule has 2 aliphatic heterocycles. The highest BCUT2D eigenvalue weighted by atomic mass is 19.3.